The lowest BCUT2D eigenvalue weighted by atomic mass is 10.0. The predicted molar refractivity (Wildman–Crippen MR) is 105 cm³/mol. The fourth-order valence-corrected chi connectivity index (χ4v) is 3.93. The Balaban J connectivity index is 1.70. The van der Waals surface area contributed by atoms with Crippen LogP contribution in [0.2, 0.25) is 0 Å². The number of aromatic nitrogens is 1. The first kappa shape index (κ1) is 15.7. The van der Waals surface area contributed by atoms with E-state index in [1.54, 1.807) is 24.3 Å². The number of benzene rings is 2. The molecule has 0 bridgehead atoms. The van der Waals surface area contributed by atoms with Crippen LogP contribution < -0.4 is 0 Å². The number of thiophene rings is 1. The monoisotopic (exact) mass is 347 g/mol. The van der Waals surface area contributed by atoms with Gasteiger partial charge in [-0.2, -0.15) is 0 Å². The maximum atomic E-state index is 11.4. The van der Waals surface area contributed by atoms with Crippen molar-refractivity contribution in [2.75, 3.05) is 6.61 Å². The van der Waals surface area contributed by atoms with Crippen molar-refractivity contribution in [2.24, 2.45) is 0 Å². The molecule has 2 aromatic heterocycles. The Labute approximate surface area is 149 Å². The average molecular weight is 347 g/mol. The number of H-pyrrole nitrogens is 1. The summed E-state index contributed by atoms with van der Waals surface area (Å²) in [4.78, 5) is 14.8. The Kier molecular flexibility index (Phi) is 4.12. The summed E-state index contributed by atoms with van der Waals surface area (Å²) >= 11 is 1.76. The fourth-order valence-electron chi connectivity index (χ4n) is 2.96. The van der Waals surface area contributed by atoms with E-state index in [2.05, 4.69) is 52.8 Å². The summed E-state index contributed by atoms with van der Waals surface area (Å²) in [6.07, 6.45) is 3.19. The van der Waals surface area contributed by atoms with Gasteiger partial charge < -0.3 is 9.72 Å². The average Bonchev–Trinajstić information content (AvgIpc) is 3.23. The molecule has 0 amide bonds. The quantitative estimate of drug-likeness (QED) is 0.384. The van der Waals surface area contributed by atoms with E-state index in [1.165, 1.54) is 27.3 Å². The van der Waals surface area contributed by atoms with Crippen LogP contribution in [-0.4, -0.2) is 17.6 Å². The molecule has 0 aliphatic carbocycles. The van der Waals surface area contributed by atoms with Crippen LogP contribution in [0.5, 0.6) is 0 Å². The molecule has 4 aromatic rings. The molecule has 4 rings (SSSR count). The van der Waals surface area contributed by atoms with Gasteiger partial charge in [0.05, 0.1) is 6.61 Å². The van der Waals surface area contributed by atoms with Crippen molar-refractivity contribution in [1.29, 1.82) is 0 Å². The van der Waals surface area contributed by atoms with Crippen LogP contribution in [0.1, 0.15) is 12.6 Å². The van der Waals surface area contributed by atoms with Crippen LogP contribution in [0, 0.1) is 0 Å². The molecule has 0 spiro atoms. The molecule has 0 atom stereocenters. The zero-order valence-electron chi connectivity index (χ0n) is 13.8. The van der Waals surface area contributed by atoms with Crippen LogP contribution in [0.15, 0.2) is 60.0 Å². The Morgan fingerprint density at radius 1 is 1.20 bits per heavy atom. The number of esters is 1. The summed E-state index contributed by atoms with van der Waals surface area (Å²) in [5, 5.41) is 4.61. The Morgan fingerprint density at radius 3 is 2.96 bits per heavy atom. The minimum atomic E-state index is -0.327. The number of aromatic amines is 1. The van der Waals surface area contributed by atoms with E-state index in [0.717, 1.165) is 16.6 Å². The number of ether oxygens (including phenoxy) is 1. The second-order valence-electron chi connectivity index (χ2n) is 5.76. The number of fused-ring (bicyclic) bond motifs is 2. The molecule has 124 valence electrons. The van der Waals surface area contributed by atoms with Crippen LogP contribution in [0.4, 0.5) is 0 Å². The highest BCUT2D eigenvalue weighted by atomic mass is 32.1. The molecule has 0 saturated heterocycles. The standard InChI is InChI=1S/C21H17NO2S/c1-2-24-21(23)10-8-16-12-15-11-14(7-9-19(15)22-16)18-13-25-20-6-4-3-5-17(18)20/h3-13,22H,2H2,1H3/b10-8+. The van der Waals surface area contributed by atoms with E-state index < -0.39 is 0 Å². The van der Waals surface area contributed by atoms with Gasteiger partial charge in [-0.15, -0.1) is 11.3 Å². The number of hydrogen-bond donors (Lipinski definition) is 1. The zero-order valence-corrected chi connectivity index (χ0v) is 14.6. The second-order valence-corrected chi connectivity index (χ2v) is 6.67. The summed E-state index contributed by atoms with van der Waals surface area (Å²) in [5.74, 6) is -0.327. The van der Waals surface area contributed by atoms with Gasteiger partial charge >= 0.3 is 5.97 Å². The first-order valence-corrected chi connectivity index (χ1v) is 9.07. The zero-order chi connectivity index (χ0) is 17.2. The second kappa shape index (κ2) is 6.57. The molecular weight excluding hydrogens is 330 g/mol. The summed E-state index contributed by atoms with van der Waals surface area (Å²) < 4.78 is 6.20. The van der Waals surface area contributed by atoms with E-state index in [1.807, 2.05) is 6.07 Å². The van der Waals surface area contributed by atoms with Crippen LogP contribution in [0.3, 0.4) is 0 Å². The first-order chi connectivity index (χ1) is 12.2. The van der Waals surface area contributed by atoms with Crippen LogP contribution in [-0.2, 0) is 9.53 Å². The maximum Gasteiger partial charge on any atom is 0.330 e. The topological polar surface area (TPSA) is 42.1 Å². The number of carbonyl (C=O) groups excluding carboxylic acids is 1. The molecule has 25 heavy (non-hydrogen) atoms. The van der Waals surface area contributed by atoms with Crippen molar-refractivity contribution >= 4 is 44.4 Å². The van der Waals surface area contributed by atoms with E-state index in [0.29, 0.717) is 6.61 Å². The van der Waals surface area contributed by atoms with Crippen molar-refractivity contribution < 1.29 is 9.53 Å². The van der Waals surface area contributed by atoms with Gasteiger partial charge in [0, 0.05) is 38.3 Å². The highest BCUT2D eigenvalue weighted by Gasteiger charge is 2.08. The van der Waals surface area contributed by atoms with Crippen LogP contribution >= 0.6 is 11.3 Å². The highest BCUT2D eigenvalue weighted by Crippen LogP contribution is 2.35. The minimum absolute atomic E-state index is 0.327. The molecule has 2 aromatic carbocycles. The van der Waals surface area contributed by atoms with Gasteiger partial charge in [-0.1, -0.05) is 24.3 Å². The van der Waals surface area contributed by atoms with Gasteiger partial charge in [-0.05, 0) is 48.2 Å². The minimum Gasteiger partial charge on any atom is -0.463 e. The number of nitrogens with one attached hydrogen (secondary N) is 1. The van der Waals surface area contributed by atoms with E-state index >= 15 is 0 Å². The molecule has 2 heterocycles. The lowest BCUT2D eigenvalue weighted by Gasteiger charge is -2.00. The van der Waals surface area contributed by atoms with Crippen molar-refractivity contribution in [3.05, 3.63) is 65.7 Å². The molecule has 0 unspecified atom stereocenters. The number of rotatable bonds is 4. The normalized spacial score (nSPS) is 11.6. The van der Waals surface area contributed by atoms with E-state index in [-0.39, 0.29) is 5.97 Å². The first-order valence-electron chi connectivity index (χ1n) is 8.19. The van der Waals surface area contributed by atoms with Crippen molar-refractivity contribution in [2.45, 2.75) is 6.92 Å². The molecule has 0 aliphatic heterocycles. The number of hydrogen-bond acceptors (Lipinski definition) is 3. The maximum absolute atomic E-state index is 11.4. The fraction of sp³-hybridized carbons (Fsp3) is 0.0952. The third kappa shape index (κ3) is 3.08. The lowest BCUT2D eigenvalue weighted by Crippen LogP contribution is -1.98. The van der Waals surface area contributed by atoms with Gasteiger partial charge in [0.15, 0.2) is 0 Å². The summed E-state index contributed by atoms with van der Waals surface area (Å²) in [5.41, 5.74) is 4.39. The van der Waals surface area contributed by atoms with Gasteiger partial charge in [0.1, 0.15) is 0 Å². The largest absolute Gasteiger partial charge is 0.463 e. The molecule has 4 heteroatoms. The smallest absolute Gasteiger partial charge is 0.330 e. The van der Waals surface area contributed by atoms with Crippen LogP contribution in [0.25, 0.3) is 38.2 Å². The molecule has 0 radical (unpaired) electrons. The highest BCUT2D eigenvalue weighted by molar-refractivity contribution is 7.17. The van der Waals surface area contributed by atoms with Crippen molar-refractivity contribution in [3.8, 4) is 11.1 Å². The molecular formula is C21H17NO2S. The molecule has 3 nitrogen and oxygen atoms in total. The van der Waals surface area contributed by atoms with Crippen molar-refractivity contribution in [1.82, 2.24) is 4.98 Å². The summed E-state index contributed by atoms with van der Waals surface area (Å²) in [7, 11) is 0. The third-order valence-corrected chi connectivity index (χ3v) is 5.08. The molecule has 0 saturated carbocycles. The Hall–Kier alpha value is -2.85. The number of carbonyl (C=O) groups is 1. The van der Waals surface area contributed by atoms with Gasteiger partial charge in [0.25, 0.3) is 0 Å². The Bertz CT molecular complexity index is 1090. The Morgan fingerprint density at radius 2 is 2.08 bits per heavy atom. The van der Waals surface area contributed by atoms with Gasteiger partial charge in [-0.3, -0.25) is 0 Å². The molecule has 0 fully saturated rings. The van der Waals surface area contributed by atoms with Crippen molar-refractivity contribution in [3.63, 3.8) is 0 Å². The molecule has 0 aliphatic rings. The lowest BCUT2D eigenvalue weighted by molar-refractivity contribution is -0.137. The SMILES string of the molecule is CCOC(=O)/C=C/c1cc2cc(-c3csc4ccccc34)ccc2[nH]1. The third-order valence-electron chi connectivity index (χ3n) is 4.12. The van der Waals surface area contributed by atoms with Gasteiger partial charge in [0.2, 0.25) is 0 Å². The summed E-state index contributed by atoms with van der Waals surface area (Å²) in [6.45, 7) is 2.18. The molecule has 1 N–H and O–H groups in total. The van der Waals surface area contributed by atoms with E-state index in [9.17, 15) is 4.79 Å². The summed E-state index contributed by atoms with van der Waals surface area (Å²) in [6, 6.07) is 16.9. The van der Waals surface area contributed by atoms with Gasteiger partial charge in [-0.25, -0.2) is 4.79 Å². The van der Waals surface area contributed by atoms with E-state index in [4.69, 9.17) is 4.74 Å². The predicted octanol–water partition coefficient (Wildman–Crippen LogP) is 5.63.